The van der Waals surface area contributed by atoms with Gasteiger partial charge in [-0.05, 0) is 37.0 Å². The van der Waals surface area contributed by atoms with E-state index in [0.717, 1.165) is 19.3 Å². The molecule has 4 atom stereocenters. The normalized spacial score (nSPS) is 26.8. The van der Waals surface area contributed by atoms with Gasteiger partial charge >= 0.3 is 5.97 Å². The van der Waals surface area contributed by atoms with Crippen molar-refractivity contribution in [1.29, 1.82) is 0 Å². The SMILES string of the molecule is CCC(CC)C[C@H](NC(C)=O)[C@@H]1C[C@@H](C(=O)O)C[C@H]1CO. The summed E-state index contributed by atoms with van der Waals surface area (Å²) in [5.74, 6) is -0.727. The number of hydrogen-bond acceptors (Lipinski definition) is 3. The van der Waals surface area contributed by atoms with Gasteiger partial charge in [0.25, 0.3) is 0 Å². The topological polar surface area (TPSA) is 86.6 Å². The van der Waals surface area contributed by atoms with Crippen LogP contribution in [0.1, 0.15) is 52.9 Å². The van der Waals surface area contributed by atoms with E-state index in [-0.39, 0.29) is 30.4 Å². The molecule has 0 heterocycles. The smallest absolute Gasteiger partial charge is 0.306 e. The molecule has 3 N–H and O–H groups in total. The minimum absolute atomic E-state index is 0.00650. The molecule has 1 aliphatic carbocycles. The molecule has 0 radical (unpaired) electrons. The molecular weight excluding hydrogens is 270 g/mol. The molecule has 0 unspecified atom stereocenters. The Balaban J connectivity index is 2.84. The molecule has 21 heavy (non-hydrogen) atoms. The lowest BCUT2D eigenvalue weighted by Gasteiger charge is -2.31. The van der Waals surface area contributed by atoms with Gasteiger partial charge in [0.2, 0.25) is 5.91 Å². The van der Waals surface area contributed by atoms with Gasteiger partial charge in [0.1, 0.15) is 0 Å². The summed E-state index contributed by atoms with van der Waals surface area (Å²) in [4.78, 5) is 22.7. The highest BCUT2D eigenvalue weighted by Gasteiger charge is 2.42. The van der Waals surface area contributed by atoms with E-state index in [2.05, 4.69) is 19.2 Å². The predicted octanol–water partition coefficient (Wildman–Crippen LogP) is 2.04. The van der Waals surface area contributed by atoms with Gasteiger partial charge in [0, 0.05) is 19.6 Å². The van der Waals surface area contributed by atoms with Crippen molar-refractivity contribution in [3.8, 4) is 0 Å². The van der Waals surface area contributed by atoms with Gasteiger partial charge in [-0.1, -0.05) is 26.7 Å². The van der Waals surface area contributed by atoms with Gasteiger partial charge in [-0.15, -0.1) is 0 Å². The molecule has 1 aliphatic rings. The number of nitrogens with one attached hydrogen (secondary N) is 1. The van der Waals surface area contributed by atoms with Crippen LogP contribution >= 0.6 is 0 Å². The van der Waals surface area contributed by atoms with E-state index in [1.165, 1.54) is 6.92 Å². The summed E-state index contributed by atoms with van der Waals surface area (Å²) in [5, 5.41) is 21.8. The zero-order valence-corrected chi connectivity index (χ0v) is 13.3. The molecule has 1 fully saturated rings. The van der Waals surface area contributed by atoms with Crippen molar-refractivity contribution in [2.45, 2.75) is 58.9 Å². The third kappa shape index (κ3) is 4.99. The Morgan fingerprint density at radius 2 is 1.86 bits per heavy atom. The van der Waals surface area contributed by atoms with E-state index < -0.39 is 11.9 Å². The lowest BCUT2D eigenvalue weighted by atomic mass is 9.82. The zero-order valence-electron chi connectivity index (χ0n) is 13.3. The van der Waals surface area contributed by atoms with Crippen LogP contribution < -0.4 is 5.32 Å². The summed E-state index contributed by atoms with van der Waals surface area (Å²) in [6.07, 6.45) is 4.01. The Bertz CT molecular complexity index is 354. The molecule has 0 spiro atoms. The van der Waals surface area contributed by atoms with Crippen LogP contribution in [0.2, 0.25) is 0 Å². The number of carbonyl (C=O) groups is 2. The molecule has 5 nitrogen and oxygen atoms in total. The largest absolute Gasteiger partial charge is 0.481 e. The number of carboxylic acids is 1. The minimum Gasteiger partial charge on any atom is -0.481 e. The quantitative estimate of drug-likeness (QED) is 0.640. The highest BCUT2D eigenvalue weighted by molar-refractivity contribution is 5.73. The Morgan fingerprint density at radius 1 is 1.24 bits per heavy atom. The van der Waals surface area contributed by atoms with E-state index in [0.29, 0.717) is 18.8 Å². The molecule has 0 aromatic heterocycles. The zero-order chi connectivity index (χ0) is 16.0. The van der Waals surface area contributed by atoms with Crippen LogP contribution in [0.4, 0.5) is 0 Å². The molecule has 0 aromatic rings. The van der Waals surface area contributed by atoms with E-state index in [1.807, 2.05) is 0 Å². The summed E-state index contributed by atoms with van der Waals surface area (Å²) in [7, 11) is 0. The van der Waals surface area contributed by atoms with Crippen molar-refractivity contribution in [2.24, 2.45) is 23.7 Å². The Labute approximate surface area is 127 Å². The number of carbonyl (C=O) groups excluding carboxylic acids is 1. The molecule has 1 amide bonds. The van der Waals surface area contributed by atoms with Crippen molar-refractivity contribution < 1.29 is 19.8 Å². The molecule has 1 saturated carbocycles. The molecule has 0 aromatic carbocycles. The van der Waals surface area contributed by atoms with Crippen LogP contribution in [-0.4, -0.2) is 34.7 Å². The number of aliphatic hydroxyl groups excluding tert-OH is 1. The predicted molar refractivity (Wildman–Crippen MR) is 80.7 cm³/mol. The second kappa shape index (κ2) is 8.37. The van der Waals surface area contributed by atoms with E-state index >= 15 is 0 Å². The molecule has 5 heteroatoms. The average molecular weight is 299 g/mol. The first-order chi connectivity index (χ1) is 9.92. The highest BCUT2D eigenvalue weighted by Crippen LogP contribution is 2.40. The first-order valence-electron chi connectivity index (χ1n) is 8.03. The molecule has 0 aliphatic heterocycles. The van der Waals surface area contributed by atoms with E-state index in [1.54, 1.807) is 0 Å². The van der Waals surface area contributed by atoms with Crippen LogP contribution in [0.15, 0.2) is 0 Å². The van der Waals surface area contributed by atoms with Crippen LogP contribution in [0.5, 0.6) is 0 Å². The summed E-state index contributed by atoms with van der Waals surface area (Å²) >= 11 is 0. The van der Waals surface area contributed by atoms with Crippen molar-refractivity contribution in [3.63, 3.8) is 0 Å². The first kappa shape index (κ1) is 18.0. The van der Waals surface area contributed by atoms with Crippen molar-refractivity contribution in [2.75, 3.05) is 6.61 Å². The Hall–Kier alpha value is -1.10. The fraction of sp³-hybridized carbons (Fsp3) is 0.875. The van der Waals surface area contributed by atoms with Crippen molar-refractivity contribution in [3.05, 3.63) is 0 Å². The minimum atomic E-state index is -0.792. The number of carboxylic acid groups (broad SMARTS) is 1. The first-order valence-corrected chi connectivity index (χ1v) is 8.03. The fourth-order valence-corrected chi connectivity index (χ4v) is 3.64. The van der Waals surface area contributed by atoms with Crippen LogP contribution in [0.3, 0.4) is 0 Å². The number of hydrogen-bond donors (Lipinski definition) is 3. The maximum Gasteiger partial charge on any atom is 0.306 e. The van der Waals surface area contributed by atoms with Crippen LogP contribution in [0.25, 0.3) is 0 Å². The Kier molecular flexibility index (Phi) is 7.15. The number of aliphatic carboxylic acids is 1. The maximum atomic E-state index is 11.5. The van der Waals surface area contributed by atoms with Gasteiger partial charge in [0.15, 0.2) is 0 Å². The monoisotopic (exact) mass is 299 g/mol. The van der Waals surface area contributed by atoms with Gasteiger partial charge < -0.3 is 15.5 Å². The Morgan fingerprint density at radius 3 is 2.29 bits per heavy atom. The second-order valence-electron chi connectivity index (χ2n) is 6.34. The number of aliphatic hydroxyl groups is 1. The molecule has 122 valence electrons. The number of rotatable bonds is 8. The van der Waals surface area contributed by atoms with Crippen molar-refractivity contribution >= 4 is 11.9 Å². The van der Waals surface area contributed by atoms with Crippen LogP contribution in [-0.2, 0) is 9.59 Å². The van der Waals surface area contributed by atoms with E-state index in [4.69, 9.17) is 0 Å². The third-order valence-electron chi connectivity index (χ3n) is 4.98. The molecule has 1 rings (SSSR count). The van der Waals surface area contributed by atoms with Gasteiger partial charge in [0.05, 0.1) is 5.92 Å². The highest BCUT2D eigenvalue weighted by atomic mass is 16.4. The maximum absolute atomic E-state index is 11.5. The molecular formula is C16H29NO4. The van der Waals surface area contributed by atoms with Gasteiger partial charge in [-0.25, -0.2) is 0 Å². The summed E-state index contributed by atoms with van der Waals surface area (Å²) in [6.45, 7) is 5.76. The summed E-state index contributed by atoms with van der Waals surface area (Å²) in [6, 6.07) is -0.0334. The second-order valence-corrected chi connectivity index (χ2v) is 6.34. The lowest BCUT2D eigenvalue weighted by Crippen LogP contribution is -2.42. The number of amides is 1. The lowest BCUT2D eigenvalue weighted by molar-refractivity contribution is -0.141. The fourth-order valence-electron chi connectivity index (χ4n) is 3.64. The standard InChI is InChI=1S/C16H29NO4/c1-4-11(5-2)6-15(17-10(3)19)14-8-12(16(20)21)7-13(14)9-18/h11-15,18H,4-9H2,1-3H3,(H,17,19)(H,20,21)/t12-,13-,14+,15-/m0/s1. The van der Waals surface area contributed by atoms with Crippen LogP contribution in [0, 0.1) is 23.7 Å². The molecule has 0 saturated heterocycles. The third-order valence-corrected chi connectivity index (χ3v) is 4.98. The summed E-state index contributed by atoms with van der Waals surface area (Å²) in [5.41, 5.74) is 0. The average Bonchev–Trinajstić information content (AvgIpc) is 2.87. The van der Waals surface area contributed by atoms with Gasteiger partial charge in [-0.3, -0.25) is 9.59 Å². The van der Waals surface area contributed by atoms with E-state index in [9.17, 15) is 19.8 Å². The van der Waals surface area contributed by atoms with Gasteiger partial charge in [-0.2, -0.15) is 0 Å². The summed E-state index contributed by atoms with van der Waals surface area (Å²) < 4.78 is 0. The van der Waals surface area contributed by atoms with Crippen molar-refractivity contribution in [1.82, 2.24) is 5.32 Å². The molecule has 0 bridgehead atoms.